The lowest BCUT2D eigenvalue weighted by molar-refractivity contribution is -0.141. The summed E-state index contributed by atoms with van der Waals surface area (Å²) in [5.74, 6) is -2.78. The maximum Gasteiger partial charge on any atom is 0.325 e. The molecular formula is C15H9BrF2N2O3S2. The van der Waals surface area contributed by atoms with E-state index in [1.165, 1.54) is 23.0 Å². The number of hydrogen-bond donors (Lipinski definition) is 0. The van der Waals surface area contributed by atoms with Crippen molar-refractivity contribution in [2.75, 3.05) is 7.11 Å². The quantitative estimate of drug-likeness (QED) is 0.576. The summed E-state index contributed by atoms with van der Waals surface area (Å²) in [6, 6.07) is 5.14. The van der Waals surface area contributed by atoms with Crippen LogP contribution in [0.2, 0.25) is 0 Å². The standard InChI is InChI=1S/C15H9BrF2N2O3S2/c1-23-12(21)6-20-13-8(18)4-7(17)5-10(13)25-15(20)19-14(22)9-2-3-11(16)24-9/h2-5H,6H2,1H3. The molecule has 1 aromatic carbocycles. The molecule has 3 aromatic rings. The number of methoxy groups -OCH3 is 1. The van der Waals surface area contributed by atoms with Gasteiger partial charge in [-0.25, -0.2) is 8.78 Å². The number of nitrogens with zero attached hydrogens (tertiary/aromatic N) is 2. The summed E-state index contributed by atoms with van der Waals surface area (Å²) in [7, 11) is 1.19. The first-order chi connectivity index (χ1) is 11.9. The second kappa shape index (κ2) is 7.14. The Hall–Kier alpha value is -1.91. The molecule has 1 amide bonds. The number of esters is 1. The number of amides is 1. The maximum atomic E-state index is 14.2. The molecule has 0 radical (unpaired) electrons. The third kappa shape index (κ3) is 3.70. The summed E-state index contributed by atoms with van der Waals surface area (Å²) < 4.78 is 34.5. The molecule has 5 nitrogen and oxygen atoms in total. The first-order valence-electron chi connectivity index (χ1n) is 6.78. The Morgan fingerprint density at radius 2 is 2.04 bits per heavy atom. The highest BCUT2D eigenvalue weighted by Crippen LogP contribution is 2.24. The van der Waals surface area contributed by atoms with E-state index in [0.717, 1.165) is 21.2 Å². The predicted octanol–water partition coefficient (Wildman–Crippen LogP) is 3.72. The van der Waals surface area contributed by atoms with Crippen LogP contribution in [0, 0.1) is 11.6 Å². The molecule has 0 spiro atoms. The van der Waals surface area contributed by atoms with Gasteiger partial charge >= 0.3 is 5.97 Å². The van der Waals surface area contributed by atoms with Crippen LogP contribution in [-0.2, 0) is 16.1 Å². The van der Waals surface area contributed by atoms with Gasteiger partial charge in [0.25, 0.3) is 5.91 Å². The monoisotopic (exact) mass is 446 g/mol. The molecule has 0 atom stereocenters. The molecule has 0 bridgehead atoms. The molecule has 0 aliphatic carbocycles. The first kappa shape index (κ1) is 17.9. The maximum absolute atomic E-state index is 14.2. The van der Waals surface area contributed by atoms with E-state index in [1.54, 1.807) is 12.1 Å². The zero-order valence-electron chi connectivity index (χ0n) is 12.6. The van der Waals surface area contributed by atoms with Crippen LogP contribution in [0.5, 0.6) is 0 Å². The van der Waals surface area contributed by atoms with E-state index in [1.807, 2.05) is 0 Å². The number of rotatable bonds is 3. The van der Waals surface area contributed by atoms with Crippen molar-refractivity contribution < 1.29 is 23.1 Å². The van der Waals surface area contributed by atoms with Gasteiger partial charge in [0.1, 0.15) is 12.4 Å². The molecule has 0 saturated carbocycles. The lowest BCUT2D eigenvalue weighted by Crippen LogP contribution is -2.22. The number of benzene rings is 1. The minimum Gasteiger partial charge on any atom is -0.468 e. The summed E-state index contributed by atoms with van der Waals surface area (Å²) in [5.41, 5.74) is -0.00397. The van der Waals surface area contributed by atoms with Gasteiger partial charge in [-0.1, -0.05) is 11.3 Å². The van der Waals surface area contributed by atoms with Gasteiger partial charge in [0.05, 0.1) is 26.0 Å². The predicted molar refractivity (Wildman–Crippen MR) is 93.7 cm³/mol. The number of thiophene rings is 1. The van der Waals surface area contributed by atoms with Gasteiger partial charge in [-0.05, 0) is 34.1 Å². The Labute approximate surface area is 156 Å². The zero-order chi connectivity index (χ0) is 18.1. The van der Waals surface area contributed by atoms with Gasteiger partial charge in [-0.3, -0.25) is 9.59 Å². The number of halogens is 3. The summed E-state index contributed by atoms with van der Waals surface area (Å²) in [4.78, 5) is 28.4. The summed E-state index contributed by atoms with van der Waals surface area (Å²) in [6.45, 7) is -0.348. The van der Waals surface area contributed by atoms with Crippen molar-refractivity contribution in [1.82, 2.24) is 4.57 Å². The van der Waals surface area contributed by atoms with E-state index in [4.69, 9.17) is 0 Å². The molecule has 0 saturated heterocycles. The third-order valence-corrected chi connectivity index (χ3v) is 5.83. The van der Waals surface area contributed by atoms with Gasteiger partial charge < -0.3 is 9.30 Å². The highest BCUT2D eigenvalue weighted by atomic mass is 79.9. The molecule has 2 aromatic heterocycles. The number of ether oxygens (including phenoxy) is 1. The topological polar surface area (TPSA) is 60.7 Å². The van der Waals surface area contributed by atoms with Crippen LogP contribution < -0.4 is 4.80 Å². The van der Waals surface area contributed by atoms with Crippen molar-refractivity contribution in [3.63, 3.8) is 0 Å². The summed E-state index contributed by atoms with van der Waals surface area (Å²) in [6.07, 6.45) is 0. The molecule has 3 rings (SSSR count). The molecule has 0 aliphatic rings. The molecule has 0 unspecified atom stereocenters. The van der Waals surface area contributed by atoms with Crippen LogP contribution in [0.15, 0.2) is 33.0 Å². The Morgan fingerprint density at radius 3 is 2.68 bits per heavy atom. The Kier molecular flexibility index (Phi) is 5.11. The van der Waals surface area contributed by atoms with Crippen LogP contribution in [0.25, 0.3) is 10.2 Å². The van der Waals surface area contributed by atoms with Gasteiger partial charge in [-0.2, -0.15) is 4.99 Å². The second-order valence-electron chi connectivity index (χ2n) is 4.80. The molecule has 0 aliphatic heterocycles. The average molecular weight is 447 g/mol. The smallest absolute Gasteiger partial charge is 0.325 e. The minimum absolute atomic E-state index is 0.00397. The molecule has 10 heteroatoms. The van der Waals surface area contributed by atoms with Crippen molar-refractivity contribution in [1.29, 1.82) is 0 Å². The molecule has 0 fully saturated rings. The van der Waals surface area contributed by atoms with Crippen LogP contribution >= 0.6 is 38.6 Å². The Morgan fingerprint density at radius 1 is 1.28 bits per heavy atom. The Balaban J connectivity index is 2.20. The van der Waals surface area contributed by atoms with Crippen molar-refractivity contribution in [2.24, 2.45) is 4.99 Å². The van der Waals surface area contributed by atoms with Gasteiger partial charge in [0.15, 0.2) is 10.6 Å². The third-order valence-electron chi connectivity index (χ3n) is 3.19. The SMILES string of the molecule is COC(=O)Cn1c(=NC(=O)c2ccc(Br)s2)sc2cc(F)cc(F)c21. The fourth-order valence-corrected chi connectivity index (χ4v) is 4.46. The lowest BCUT2D eigenvalue weighted by atomic mass is 10.3. The number of fused-ring (bicyclic) bond motifs is 1. The van der Waals surface area contributed by atoms with Gasteiger partial charge in [-0.15, -0.1) is 11.3 Å². The van der Waals surface area contributed by atoms with Crippen LogP contribution in [-0.4, -0.2) is 23.6 Å². The van der Waals surface area contributed by atoms with Crippen molar-refractivity contribution in [3.8, 4) is 0 Å². The lowest BCUT2D eigenvalue weighted by Gasteiger charge is -2.04. The van der Waals surface area contributed by atoms with Crippen molar-refractivity contribution >= 4 is 60.7 Å². The van der Waals surface area contributed by atoms with E-state index in [2.05, 4.69) is 25.7 Å². The van der Waals surface area contributed by atoms with Crippen molar-refractivity contribution in [3.05, 3.63) is 49.4 Å². The van der Waals surface area contributed by atoms with Crippen LogP contribution in [0.3, 0.4) is 0 Å². The van der Waals surface area contributed by atoms with E-state index >= 15 is 0 Å². The normalized spacial score (nSPS) is 11.9. The largest absolute Gasteiger partial charge is 0.468 e. The number of carbonyl (C=O) groups is 2. The molecule has 130 valence electrons. The van der Waals surface area contributed by atoms with Crippen molar-refractivity contribution in [2.45, 2.75) is 6.54 Å². The first-order valence-corrected chi connectivity index (χ1v) is 9.21. The van der Waals surface area contributed by atoms with Gasteiger partial charge in [0, 0.05) is 6.07 Å². The van der Waals surface area contributed by atoms with Crippen LogP contribution in [0.4, 0.5) is 8.78 Å². The number of hydrogen-bond acceptors (Lipinski definition) is 5. The zero-order valence-corrected chi connectivity index (χ0v) is 15.8. The summed E-state index contributed by atoms with van der Waals surface area (Å²) >= 11 is 5.37. The fourth-order valence-electron chi connectivity index (χ4n) is 2.13. The molecule has 2 heterocycles. The second-order valence-corrected chi connectivity index (χ2v) is 8.27. The molecule has 25 heavy (non-hydrogen) atoms. The van der Waals surface area contributed by atoms with Crippen LogP contribution in [0.1, 0.15) is 9.67 Å². The minimum atomic E-state index is -0.845. The van der Waals surface area contributed by atoms with E-state index < -0.39 is 23.5 Å². The number of carbonyl (C=O) groups excluding carboxylic acids is 2. The molecular weight excluding hydrogens is 438 g/mol. The van der Waals surface area contributed by atoms with E-state index in [9.17, 15) is 18.4 Å². The highest BCUT2D eigenvalue weighted by Gasteiger charge is 2.17. The van der Waals surface area contributed by atoms with E-state index in [-0.39, 0.29) is 21.6 Å². The summed E-state index contributed by atoms with van der Waals surface area (Å²) in [5, 5.41) is 0. The molecule has 0 N–H and O–H groups in total. The number of thiazole rings is 1. The fraction of sp³-hybridized carbons (Fsp3) is 0.133. The van der Waals surface area contributed by atoms with Gasteiger partial charge in [0.2, 0.25) is 0 Å². The highest BCUT2D eigenvalue weighted by molar-refractivity contribution is 9.11. The number of aromatic nitrogens is 1. The van der Waals surface area contributed by atoms with E-state index in [0.29, 0.717) is 10.9 Å². The average Bonchev–Trinajstić information content (AvgIpc) is 3.11. The Bertz CT molecular complexity index is 1050.